The Morgan fingerprint density at radius 1 is 0.719 bits per heavy atom. The number of pyridine rings is 1. The summed E-state index contributed by atoms with van der Waals surface area (Å²) in [5, 5.41) is 5.22. The van der Waals surface area contributed by atoms with Gasteiger partial charge < -0.3 is 4.57 Å². The zero-order chi connectivity index (χ0) is 21.4. The first-order chi connectivity index (χ1) is 15.7. The van der Waals surface area contributed by atoms with Crippen molar-refractivity contribution in [3.05, 3.63) is 108 Å². The summed E-state index contributed by atoms with van der Waals surface area (Å²) in [5.74, 6) is 0. The van der Waals surface area contributed by atoms with E-state index in [4.69, 9.17) is 0 Å². The molecule has 0 N–H and O–H groups in total. The van der Waals surface area contributed by atoms with Crippen molar-refractivity contribution >= 4 is 32.6 Å². The molecule has 0 bridgehead atoms. The third kappa shape index (κ3) is 2.12. The maximum Gasteiger partial charge on any atom is 0.0645 e. The summed E-state index contributed by atoms with van der Waals surface area (Å²) in [7, 11) is 0. The van der Waals surface area contributed by atoms with E-state index in [9.17, 15) is 0 Å². The normalized spacial score (nSPS) is 14.2. The van der Waals surface area contributed by atoms with Crippen molar-refractivity contribution in [2.75, 3.05) is 0 Å². The van der Waals surface area contributed by atoms with E-state index in [0.717, 1.165) is 5.69 Å². The number of hydrogen-bond donors (Lipinski definition) is 0. The second-order valence-electron chi connectivity index (χ2n) is 9.28. The molecule has 2 heteroatoms. The SMILES string of the molecule is CC1(C)c2ccc3c4ccccc4n(-c4cccnc4)c3c2-c2ccc3ccccc3c21. The van der Waals surface area contributed by atoms with Crippen LogP contribution in [0.25, 0.3) is 49.4 Å². The first-order valence-electron chi connectivity index (χ1n) is 11.2. The molecule has 0 unspecified atom stereocenters. The monoisotopic (exact) mass is 410 g/mol. The molecule has 7 rings (SSSR count). The van der Waals surface area contributed by atoms with E-state index < -0.39 is 0 Å². The highest BCUT2D eigenvalue weighted by Gasteiger charge is 2.39. The molecule has 2 aromatic heterocycles. The van der Waals surface area contributed by atoms with Crippen LogP contribution in [-0.4, -0.2) is 9.55 Å². The van der Waals surface area contributed by atoms with Gasteiger partial charge in [0, 0.05) is 27.9 Å². The fourth-order valence-electron chi connectivity index (χ4n) is 5.89. The third-order valence-corrected chi connectivity index (χ3v) is 7.24. The molecule has 4 aromatic carbocycles. The molecular weight excluding hydrogens is 388 g/mol. The summed E-state index contributed by atoms with van der Waals surface area (Å²) in [6.07, 6.45) is 3.80. The van der Waals surface area contributed by atoms with E-state index in [2.05, 4.69) is 102 Å². The van der Waals surface area contributed by atoms with Crippen molar-refractivity contribution in [2.45, 2.75) is 19.3 Å². The van der Waals surface area contributed by atoms with Gasteiger partial charge in [-0.25, -0.2) is 0 Å². The predicted molar refractivity (Wildman–Crippen MR) is 134 cm³/mol. The smallest absolute Gasteiger partial charge is 0.0645 e. The Labute approximate surface area is 186 Å². The fourth-order valence-corrected chi connectivity index (χ4v) is 5.89. The Kier molecular flexibility index (Phi) is 3.37. The van der Waals surface area contributed by atoms with Gasteiger partial charge in [-0.3, -0.25) is 4.98 Å². The highest BCUT2D eigenvalue weighted by molar-refractivity contribution is 6.16. The quantitative estimate of drug-likeness (QED) is 0.272. The molecule has 6 aromatic rings. The topological polar surface area (TPSA) is 17.8 Å². The van der Waals surface area contributed by atoms with Gasteiger partial charge in [0.05, 0.1) is 22.9 Å². The molecule has 1 aliphatic carbocycles. The summed E-state index contributed by atoms with van der Waals surface area (Å²) < 4.78 is 2.40. The van der Waals surface area contributed by atoms with Crippen LogP contribution in [0.2, 0.25) is 0 Å². The van der Waals surface area contributed by atoms with Gasteiger partial charge in [0.25, 0.3) is 0 Å². The molecule has 0 saturated carbocycles. The zero-order valence-electron chi connectivity index (χ0n) is 18.1. The number of rotatable bonds is 1. The van der Waals surface area contributed by atoms with Crippen molar-refractivity contribution in [1.29, 1.82) is 0 Å². The number of nitrogens with zero attached hydrogens (tertiary/aromatic N) is 2. The van der Waals surface area contributed by atoms with Gasteiger partial charge in [-0.05, 0) is 45.7 Å². The second-order valence-corrected chi connectivity index (χ2v) is 9.28. The van der Waals surface area contributed by atoms with Gasteiger partial charge in [-0.1, -0.05) is 80.6 Å². The average molecular weight is 411 g/mol. The minimum absolute atomic E-state index is 0.0735. The van der Waals surface area contributed by atoms with Gasteiger partial charge in [0.2, 0.25) is 0 Å². The van der Waals surface area contributed by atoms with Crippen LogP contribution in [0.3, 0.4) is 0 Å². The summed E-state index contributed by atoms with van der Waals surface area (Å²) in [6.45, 7) is 4.74. The molecule has 0 radical (unpaired) electrons. The molecule has 0 saturated heterocycles. The predicted octanol–water partition coefficient (Wildman–Crippen LogP) is 7.64. The Bertz CT molecular complexity index is 1690. The molecule has 32 heavy (non-hydrogen) atoms. The van der Waals surface area contributed by atoms with Crippen LogP contribution in [-0.2, 0) is 5.41 Å². The average Bonchev–Trinajstić information content (AvgIpc) is 3.29. The summed E-state index contributed by atoms with van der Waals surface area (Å²) in [5.41, 5.74) is 9.05. The Hall–Kier alpha value is -3.91. The van der Waals surface area contributed by atoms with Crippen LogP contribution in [0.1, 0.15) is 25.0 Å². The zero-order valence-corrected chi connectivity index (χ0v) is 18.1. The minimum Gasteiger partial charge on any atom is -0.307 e. The molecule has 0 amide bonds. The van der Waals surface area contributed by atoms with Gasteiger partial charge in [-0.2, -0.15) is 0 Å². The molecule has 2 nitrogen and oxygen atoms in total. The van der Waals surface area contributed by atoms with Crippen molar-refractivity contribution in [3.8, 4) is 16.8 Å². The van der Waals surface area contributed by atoms with Crippen LogP contribution < -0.4 is 0 Å². The molecule has 2 heterocycles. The van der Waals surface area contributed by atoms with Gasteiger partial charge >= 0.3 is 0 Å². The van der Waals surface area contributed by atoms with E-state index in [1.54, 1.807) is 0 Å². The van der Waals surface area contributed by atoms with E-state index >= 15 is 0 Å². The standard InChI is InChI=1S/C30H22N2/c1-30(2)25-16-15-23-22-11-5-6-12-26(22)32(20-9-7-17-31-18-20)29(23)27(25)24-14-13-19-8-3-4-10-21(19)28(24)30/h3-18H,1-2H3. The van der Waals surface area contributed by atoms with Crippen LogP contribution in [0.4, 0.5) is 0 Å². The van der Waals surface area contributed by atoms with Crippen LogP contribution >= 0.6 is 0 Å². The third-order valence-electron chi connectivity index (χ3n) is 7.24. The summed E-state index contributed by atoms with van der Waals surface area (Å²) in [6, 6.07) is 30.9. The van der Waals surface area contributed by atoms with Gasteiger partial charge in [-0.15, -0.1) is 0 Å². The van der Waals surface area contributed by atoms with Crippen molar-refractivity contribution in [1.82, 2.24) is 9.55 Å². The molecule has 0 atom stereocenters. The Morgan fingerprint density at radius 2 is 1.53 bits per heavy atom. The number of para-hydroxylation sites is 1. The highest BCUT2D eigenvalue weighted by atomic mass is 15.0. The Balaban J connectivity index is 1.73. The van der Waals surface area contributed by atoms with Crippen molar-refractivity contribution in [2.24, 2.45) is 0 Å². The van der Waals surface area contributed by atoms with E-state index in [-0.39, 0.29) is 5.41 Å². The van der Waals surface area contributed by atoms with Crippen molar-refractivity contribution < 1.29 is 0 Å². The second kappa shape index (κ2) is 6.08. The Morgan fingerprint density at radius 3 is 2.38 bits per heavy atom. The van der Waals surface area contributed by atoms with Gasteiger partial charge in [0.1, 0.15) is 0 Å². The van der Waals surface area contributed by atoms with E-state index in [1.165, 1.54) is 54.8 Å². The largest absolute Gasteiger partial charge is 0.307 e. The van der Waals surface area contributed by atoms with E-state index in [1.807, 2.05) is 18.5 Å². The number of benzene rings is 4. The summed E-state index contributed by atoms with van der Waals surface area (Å²) in [4.78, 5) is 4.44. The molecule has 0 fully saturated rings. The molecule has 1 aliphatic rings. The fraction of sp³-hybridized carbons (Fsp3) is 0.100. The van der Waals surface area contributed by atoms with Crippen molar-refractivity contribution in [3.63, 3.8) is 0 Å². The molecule has 152 valence electrons. The van der Waals surface area contributed by atoms with Gasteiger partial charge in [0.15, 0.2) is 0 Å². The first-order valence-corrected chi connectivity index (χ1v) is 11.2. The lowest BCUT2D eigenvalue weighted by atomic mass is 9.80. The maximum absolute atomic E-state index is 4.44. The lowest BCUT2D eigenvalue weighted by Crippen LogP contribution is -2.15. The van der Waals surface area contributed by atoms with Crippen LogP contribution in [0, 0.1) is 0 Å². The number of fused-ring (bicyclic) bond motifs is 9. The lowest BCUT2D eigenvalue weighted by molar-refractivity contribution is 0.666. The maximum atomic E-state index is 4.44. The van der Waals surface area contributed by atoms with Crippen LogP contribution in [0.15, 0.2) is 97.3 Å². The molecule has 0 spiro atoms. The molecule has 0 aliphatic heterocycles. The van der Waals surface area contributed by atoms with Crippen LogP contribution in [0.5, 0.6) is 0 Å². The number of hydrogen-bond acceptors (Lipinski definition) is 1. The molecular formula is C30H22N2. The van der Waals surface area contributed by atoms with E-state index in [0.29, 0.717) is 0 Å². The lowest BCUT2D eigenvalue weighted by Gasteiger charge is -2.23. The number of aromatic nitrogens is 2. The minimum atomic E-state index is -0.0735. The summed E-state index contributed by atoms with van der Waals surface area (Å²) >= 11 is 0. The highest BCUT2D eigenvalue weighted by Crippen LogP contribution is 2.54. The first kappa shape index (κ1) is 17.7.